The predicted molar refractivity (Wildman–Crippen MR) is 119 cm³/mol. The van der Waals surface area contributed by atoms with Gasteiger partial charge in [-0.2, -0.15) is 5.10 Å². The Labute approximate surface area is 179 Å². The van der Waals surface area contributed by atoms with Crippen molar-refractivity contribution >= 4 is 22.5 Å². The van der Waals surface area contributed by atoms with E-state index in [2.05, 4.69) is 15.5 Å². The van der Waals surface area contributed by atoms with Gasteiger partial charge < -0.3 is 4.74 Å². The Hall–Kier alpha value is -4.06. The van der Waals surface area contributed by atoms with Crippen molar-refractivity contribution in [2.24, 2.45) is 5.10 Å². The Morgan fingerprint density at radius 1 is 1.00 bits per heavy atom. The monoisotopic (exact) mass is 413 g/mol. The van der Waals surface area contributed by atoms with Crippen LogP contribution in [0.25, 0.3) is 10.9 Å². The highest BCUT2D eigenvalue weighted by Gasteiger charge is 2.08. The standard InChI is InChI=1S/C25H20FN3O2/c1-17(21-8-2-3-9-22(21)26)28-29-25(30)20-13-11-18(12-14-20)16-31-23-10-4-6-19-7-5-15-27-24(19)23/h2-15H,16H2,1H3,(H,29,30)/b28-17+. The summed E-state index contributed by atoms with van der Waals surface area (Å²) in [5.41, 5.74) is 5.37. The molecule has 0 spiro atoms. The molecule has 1 amide bonds. The largest absolute Gasteiger partial charge is 0.487 e. The number of amides is 1. The van der Waals surface area contributed by atoms with Crippen LogP contribution in [0.2, 0.25) is 0 Å². The van der Waals surface area contributed by atoms with Crippen LogP contribution in [0.3, 0.4) is 0 Å². The molecule has 6 heteroatoms. The highest BCUT2D eigenvalue weighted by molar-refractivity contribution is 6.01. The first-order chi connectivity index (χ1) is 15.1. The van der Waals surface area contributed by atoms with E-state index < -0.39 is 0 Å². The number of pyridine rings is 1. The van der Waals surface area contributed by atoms with Crippen LogP contribution >= 0.6 is 0 Å². The molecule has 3 aromatic carbocycles. The summed E-state index contributed by atoms with van der Waals surface area (Å²) in [6.45, 7) is 1.99. The Bertz CT molecular complexity index is 1250. The minimum Gasteiger partial charge on any atom is -0.487 e. The van der Waals surface area contributed by atoms with E-state index in [0.717, 1.165) is 16.5 Å². The first-order valence-electron chi connectivity index (χ1n) is 9.77. The molecule has 0 radical (unpaired) electrons. The van der Waals surface area contributed by atoms with E-state index in [1.54, 1.807) is 43.5 Å². The summed E-state index contributed by atoms with van der Waals surface area (Å²) in [6, 6.07) is 23.0. The van der Waals surface area contributed by atoms with Crippen LogP contribution in [0.15, 0.2) is 90.2 Å². The fourth-order valence-electron chi connectivity index (χ4n) is 3.12. The van der Waals surface area contributed by atoms with Gasteiger partial charge in [0.05, 0.1) is 5.71 Å². The smallest absolute Gasteiger partial charge is 0.271 e. The molecule has 4 rings (SSSR count). The van der Waals surface area contributed by atoms with Gasteiger partial charge in [0.1, 0.15) is 23.7 Å². The second-order valence-electron chi connectivity index (χ2n) is 6.93. The highest BCUT2D eigenvalue weighted by atomic mass is 19.1. The van der Waals surface area contributed by atoms with Gasteiger partial charge in [-0.1, -0.05) is 48.5 Å². The van der Waals surface area contributed by atoms with E-state index >= 15 is 0 Å². The zero-order chi connectivity index (χ0) is 21.6. The van der Waals surface area contributed by atoms with Gasteiger partial charge in [0.2, 0.25) is 0 Å². The molecule has 1 aromatic heterocycles. The van der Waals surface area contributed by atoms with E-state index in [-0.39, 0.29) is 11.7 Å². The van der Waals surface area contributed by atoms with Gasteiger partial charge in [-0.3, -0.25) is 9.78 Å². The Morgan fingerprint density at radius 3 is 2.58 bits per heavy atom. The van der Waals surface area contributed by atoms with Crippen molar-refractivity contribution in [3.63, 3.8) is 0 Å². The first-order valence-corrected chi connectivity index (χ1v) is 9.77. The summed E-state index contributed by atoms with van der Waals surface area (Å²) in [5.74, 6) is -0.0527. The molecule has 0 aliphatic rings. The molecule has 0 saturated carbocycles. The minimum absolute atomic E-state index is 0.346. The van der Waals surface area contributed by atoms with Crippen molar-refractivity contribution in [1.29, 1.82) is 0 Å². The van der Waals surface area contributed by atoms with Crippen LogP contribution in [0.5, 0.6) is 5.75 Å². The topological polar surface area (TPSA) is 63.6 Å². The number of nitrogens with zero attached hydrogens (tertiary/aromatic N) is 2. The number of rotatable bonds is 6. The van der Waals surface area contributed by atoms with Gasteiger partial charge in [-0.15, -0.1) is 0 Å². The molecule has 0 saturated heterocycles. The lowest BCUT2D eigenvalue weighted by molar-refractivity contribution is 0.0954. The molecule has 0 aliphatic heterocycles. The van der Waals surface area contributed by atoms with Gasteiger partial charge in [-0.05, 0) is 42.8 Å². The van der Waals surface area contributed by atoms with Gasteiger partial charge in [0.15, 0.2) is 0 Å². The summed E-state index contributed by atoms with van der Waals surface area (Å²) >= 11 is 0. The van der Waals surface area contributed by atoms with E-state index in [0.29, 0.717) is 29.2 Å². The fourth-order valence-corrected chi connectivity index (χ4v) is 3.12. The van der Waals surface area contributed by atoms with Crippen molar-refractivity contribution < 1.29 is 13.9 Å². The van der Waals surface area contributed by atoms with E-state index in [1.807, 2.05) is 42.5 Å². The summed E-state index contributed by atoms with van der Waals surface area (Å²) in [5, 5.41) is 5.02. The van der Waals surface area contributed by atoms with Gasteiger partial charge in [0, 0.05) is 22.7 Å². The molecule has 0 aliphatic carbocycles. The number of ether oxygens (including phenoxy) is 1. The number of hydrazone groups is 1. The predicted octanol–water partition coefficient (Wildman–Crippen LogP) is 5.11. The zero-order valence-corrected chi connectivity index (χ0v) is 16.9. The summed E-state index contributed by atoms with van der Waals surface area (Å²) < 4.78 is 19.7. The molecule has 5 nitrogen and oxygen atoms in total. The number of hydrogen-bond donors (Lipinski definition) is 1. The van der Waals surface area contributed by atoms with Crippen molar-refractivity contribution in [1.82, 2.24) is 10.4 Å². The van der Waals surface area contributed by atoms with Crippen LogP contribution in [0, 0.1) is 5.82 Å². The first kappa shape index (κ1) is 20.2. The Balaban J connectivity index is 1.39. The lowest BCUT2D eigenvalue weighted by Gasteiger charge is -2.09. The van der Waals surface area contributed by atoms with Crippen molar-refractivity contribution in [3.8, 4) is 5.75 Å². The number of halogens is 1. The molecular weight excluding hydrogens is 393 g/mol. The van der Waals surface area contributed by atoms with Gasteiger partial charge in [0.25, 0.3) is 5.91 Å². The van der Waals surface area contributed by atoms with Gasteiger partial charge in [-0.25, -0.2) is 9.82 Å². The highest BCUT2D eigenvalue weighted by Crippen LogP contribution is 2.23. The van der Waals surface area contributed by atoms with E-state index in [4.69, 9.17) is 4.74 Å². The Kier molecular flexibility index (Phi) is 5.98. The van der Waals surface area contributed by atoms with Crippen molar-refractivity contribution in [2.75, 3.05) is 0 Å². The number of nitrogens with one attached hydrogen (secondary N) is 1. The van der Waals surface area contributed by atoms with Crippen LogP contribution in [-0.4, -0.2) is 16.6 Å². The SMILES string of the molecule is C/C(=N\NC(=O)c1ccc(COc2cccc3cccnc23)cc1)c1ccccc1F. The minimum atomic E-state index is -0.385. The molecule has 31 heavy (non-hydrogen) atoms. The molecule has 4 aromatic rings. The third-order valence-electron chi connectivity index (χ3n) is 4.79. The molecule has 0 bridgehead atoms. The zero-order valence-electron chi connectivity index (χ0n) is 16.9. The third-order valence-corrected chi connectivity index (χ3v) is 4.79. The maximum absolute atomic E-state index is 13.8. The fraction of sp³-hybridized carbons (Fsp3) is 0.0800. The van der Waals surface area contributed by atoms with Crippen molar-refractivity contribution in [3.05, 3.63) is 108 Å². The quantitative estimate of drug-likeness (QED) is 0.353. The Morgan fingerprint density at radius 2 is 1.77 bits per heavy atom. The maximum atomic E-state index is 13.8. The average molecular weight is 413 g/mol. The third kappa shape index (κ3) is 4.75. The van der Waals surface area contributed by atoms with Crippen LogP contribution in [-0.2, 0) is 6.61 Å². The number of carbonyl (C=O) groups excluding carboxylic acids is 1. The number of fused-ring (bicyclic) bond motifs is 1. The van der Waals surface area contributed by atoms with Crippen LogP contribution in [0.4, 0.5) is 4.39 Å². The van der Waals surface area contributed by atoms with Gasteiger partial charge >= 0.3 is 0 Å². The molecule has 1 heterocycles. The second-order valence-corrected chi connectivity index (χ2v) is 6.93. The number of aromatic nitrogens is 1. The maximum Gasteiger partial charge on any atom is 0.271 e. The molecule has 0 fully saturated rings. The lowest BCUT2D eigenvalue weighted by Crippen LogP contribution is -2.19. The molecule has 154 valence electrons. The summed E-state index contributed by atoms with van der Waals surface area (Å²) in [4.78, 5) is 16.7. The van der Waals surface area contributed by atoms with E-state index in [1.165, 1.54) is 6.07 Å². The number of para-hydroxylation sites is 1. The molecule has 1 N–H and O–H groups in total. The van der Waals surface area contributed by atoms with Crippen molar-refractivity contribution in [2.45, 2.75) is 13.5 Å². The number of benzene rings is 3. The number of carbonyl (C=O) groups is 1. The number of hydrogen-bond acceptors (Lipinski definition) is 4. The van der Waals surface area contributed by atoms with Crippen LogP contribution < -0.4 is 10.2 Å². The average Bonchev–Trinajstić information content (AvgIpc) is 2.81. The molecular formula is C25H20FN3O2. The normalized spacial score (nSPS) is 11.4. The van der Waals surface area contributed by atoms with Crippen LogP contribution in [0.1, 0.15) is 28.4 Å². The van der Waals surface area contributed by atoms with E-state index in [9.17, 15) is 9.18 Å². The molecule has 0 unspecified atom stereocenters. The summed E-state index contributed by atoms with van der Waals surface area (Å²) in [6.07, 6.45) is 1.74. The molecule has 0 atom stereocenters. The summed E-state index contributed by atoms with van der Waals surface area (Å²) in [7, 11) is 0. The second kappa shape index (κ2) is 9.17. The lowest BCUT2D eigenvalue weighted by atomic mass is 10.1.